The summed E-state index contributed by atoms with van der Waals surface area (Å²) >= 11 is 0. The molecular formula is C14H20FNO2. The van der Waals surface area contributed by atoms with Crippen LogP contribution in [0.1, 0.15) is 31.9 Å². The number of hydrogen-bond acceptors (Lipinski definition) is 3. The molecule has 4 heteroatoms. The Kier molecular flexibility index (Phi) is 4.19. The number of para-hydroxylation sites is 1. The number of aliphatic hydroxyl groups excluding tert-OH is 1. The normalized spacial score (nSPS) is 22.0. The van der Waals surface area contributed by atoms with Crippen molar-refractivity contribution in [2.45, 2.75) is 32.4 Å². The number of benzene rings is 1. The number of nitrogens with zero attached hydrogens (tertiary/aromatic N) is 1. The Labute approximate surface area is 107 Å². The van der Waals surface area contributed by atoms with Crippen LogP contribution in [-0.4, -0.2) is 30.9 Å². The van der Waals surface area contributed by atoms with Gasteiger partial charge in [-0.2, -0.15) is 0 Å². The van der Waals surface area contributed by atoms with Crippen molar-refractivity contribution < 1.29 is 14.2 Å². The lowest BCUT2D eigenvalue weighted by molar-refractivity contribution is 0.0921. The summed E-state index contributed by atoms with van der Waals surface area (Å²) in [6, 6.07) is 5.05. The van der Waals surface area contributed by atoms with E-state index in [2.05, 4.69) is 6.92 Å². The van der Waals surface area contributed by atoms with Crippen LogP contribution in [0.5, 0.6) is 0 Å². The van der Waals surface area contributed by atoms with E-state index in [9.17, 15) is 9.50 Å². The SMILES string of the molecule is CCC1COCCN1c1c(F)cccc1[C@@H](C)O. The van der Waals surface area contributed by atoms with Crippen LogP contribution in [-0.2, 0) is 4.74 Å². The Morgan fingerprint density at radius 2 is 2.33 bits per heavy atom. The van der Waals surface area contributed by atoms with Crippen LogP contribution in [0, 0.1) is 5.82 Å². The van der Waals surface area contributed by atoms with Crippen LogP contribution in [0.3, 0.4) is 0 Å². The van der Waals surface area contributed by atoms with Gasteiger partial charge in [0.25, 0.3) is 0 Å². The van der Waals surface area contributed by atoms with E-state index in [1.165, 1.54) is 6.07 Å². The Hall–Kier alpha value is -1.13. The maximum atomic E-state index is 14.1. The van der Waals surface area contributed by atoms with Crippen LogP contribution in [0.2, 0.25) is 0 Å². The zero-order chi connectivity index (χ0) is 13.1. The second-order valence-corrected chi connectivity index (χ2v) is 4.68. The molecule has 1 saturated heterocycles. The first-order valence-corrected chi connectivity index (χ1v) is 6.46. The van der Waals surface area contributed by atoms with Crippen LogP contribution >= 0.6 is 0 Å². The molecule has 1 aliphatic rings. The molecule has 0 aromatic heterocycles. The van der Waals surface area contributed by atoms with Gasteiger partial charge in [0.15, 0.2) is 0 Å². The van der Waals surface area contributed by atoms with Crippen molar-refractivity contribution in [2.75, 3.05) is 24.7 Å². The second-order valence-electron chi connectivity index (χ2n) is 4.68. The van der Waals surface area contributed by atoms with Gasteiger partial charge >= 0.3 is 0 Å². The molecule has 1 unspecified atom stereocenters. The van der Waals surface area contributed by atoms with Gasteiger partial charge in [-0.15, -0.1) is 0 Å². The average Bonchev–Trinajstić information content (AvgIpc) is 2.38. The predicted octanol–water partition coefficient (Wildman–Crippen LogP) is 2.49. The van der Waals surface area contributed by atoms with Crippen LogP contribution in [0.25, 0.3) is 0 Å². The maximum Gasteiger partial charge on any atom is 0.146 e. The molecule has 0 bridgehead atoms. The molecule has 2 rings (SSSR count). The molecule has 0 saturated carbocycles. The van der Waals surface area contributed by atoms with Crippen molar-refractivity contribution in [1.29, 1.82) is 0 Å². The van der Waals surface area contributed by atoms with Gasteiger partial charge in [0, 0.05) is 12.1 Å². The van der Waals surface area contributed by atoms with E-state index < -0.39 is 6.10 Å². The monoisotopic (exact) mass is 253 g/mol. The highest BCUT2D eigenvalue weighted by Crippen LogP contribution is 2.32. The van der Waals surface area contributed by atoms with Crippen LogP contribution in [0.4, 0.5) is 10.1 Å². The minimum Gasteiger partial charge on any atom is -0.389 e. The Morgan fingerprint density at radius 1 is 1.56 bits per heavy atom. The molecule has 1 aromatic rings. The van der Waals surface area contributed by atoms with Gasteiger partial charge in [0.2, 0.25) is 0 Å². The quantitative estimate of drug-likeness (QED) is 0.898. The summed E-state index contributed by atoms with van der Waals surface area (Å²) in [5.41, 5.74) is 1.18. The molecule has 0 radical (unpaired) electrons. The summed E-state index contributed by atoms with van der Waals surface area (Å²) in [7, 11) is 0. The lowest BCUT2D eigenvalue weighted by Gasteiger charge is -2.38. The summed E-state index contributed by atoms with van der Waals surface area (Å²) in [5, 5.41) is 9.79. The van der Waals surface area contributed by atoms with Crippen LogP contribution < -0.4 is 4.90 Å². The molecular weight excluding hydrogens is 233 g/mol. The Morgan fingerprint density at radius 3 is 3.00 bits per heavy atom. The number of halogens is 1. The number of rotatable bonds is 3. The highest BCUT2D eigenvalue weighted by molar-refractivity contribution is 5.56. The summed E-state index contributed by atoms with van der Waals surface area (Å²) in [6.07, 6.45) is 0.226. The molecule has 100 valence electrons. The van der Waals surface area contributed by atoms with Gasteiger partial charge in [-0.05, 0) is 19.4 Å². The summed E-state index contributed by atoms with van der Waals surface area (Å²) < 4.78 is 19.5. The molecule has 2 atom stereocenters. The lowest BCUT2D eigenvalue weighted by atomic mass is 10.0. The van der Waals surface area contributed by atoms with E-state index in [1.54, 1.807) is 19.1 Å². The van der Waals surface area contributed by atoms with Gasteiger partial charge in [-0.3, -0.25) is 0 Å². The number of hydrogen-bond donors (Lipinski definition) is 1. The lowest BCUT2D eigenvalue weighted by Crippen LogP contribution is -2.46. The first-order valence-electron chi connectivity index (χ1n) is 6.46. The molecule has 0 aliphatic carbocycles. The van der Waals surface area contributed by atoms with E-state index in [0.717, 1.165) is 6.42 Å². The Bertz CT molecular complexity index is 409. The van der Waals surface area contributed by atoms with Crippen molar-refractivity contribution in [1.82, 2.24) is 0 Å². The third-order valence-electron chi connectivity index (χ3n) is 3.45. The van der Waals surface area contributed by atoms with Gasteiger partial charge in [-0.25, -0.2) is 4.39 Å². The molecule has 18 heavy (non-hydrogen) atoms. The predicted molar refractivity (Wildman–Crippen MR) is 69.3 cm³/mol. The molecule has 1 heterocycles. The molecule has 1 aromatic carbocycles. The van der Waals surface area contributed by atoms with Crippen molar-refractivity contribution in [3.63, 3.8) is 0 Å². The summed E-state index contributed by atoms with van der Waals surface area (Å²) in [5.74, 6) is -0.270. The summed E-state index contributed by atoms with van der Waals surface area (Å²) in [4.78, 5) is 2.03. The molecule has 0 spiro atoms. The van der Waals surface area contributed by atoms with E-state index in [1.807, 2.05) is 4.90 Å². The zero-order valence-corrected chi connectivity index (χ0v) is 10.9. The number of ether oxygens (including phenoxy) is 1. The fourth-order valence-electron chi connectivity index (χ4n) is 2.46. The van der Waals surface area contributed by atoms with Crippen molar-refractivity contribution >= 4 is 5.69 Å². The van der Waals surface area contributed by atoms with E-state index in [-0.39, 0.29) is 11.9 Å². The molecule has 1 aliphatic heterocycles. The standard InChI is InChI=1S/C14H20FNO2/c1-3-11-9-18-8-7-16(11)14-12(10(2)17)5-4-6-13(14)15/h4-6,10-11,17H,3,7-9H2,1-2H3/t10-,11?/m1/s1. The fourth-order valence-corrected chi connectivity index (χ4v) is 2.46. The first kappa shape index (κ1) is 13.3. The molecule has 3 nitrogen and oxygen atoms in total. The van der Waals surface area contributed by atoms with Gasteiger partial charge in [0.05, 0.1) is 31.0 Å². The highest BCUT2D eigenvalue weighted by Gasteiger charge is 2.27. The minimum atomic E-state index is -0.670. The fraction of sp³-hybridized carbons (Fsp3) is 0.571. The summed E-state index contributed by atoms with van der Waals surface area (Å²) in [6.45, 7) is 5.61. The molecule has 0 amide bonds. The van der Waals surface area contributed by atoms with Crippen molar-refractivity contribution in [2.24, 2.45) is 0 Å². The van der Waals surface area contributed by atoms with E-state index in [0.29, 0.717) is 31.0 Å². The van der Waals surface area contributed by atoms with E-state index >= 15 is 0 Å². The minimum absolute atomic E-state index is 0.174. The Balaban J connectivity index is 2.41. The maximum absolute atomic E-state index is 14.1. The topological polar surface area (TPSA) is 32.7 Å². The van der Waals surface area contributed by atoms with E-state index in [4.69, 9.17) is 4.74 Å². The van der Waals surface area contributed by atoms with Crippen LogP contribution in [0.15, 0.2) is 18.2 Å². The number of aliphatic hydroxyl groups is 1. The third-order valence-corrected chi connectivity index (χ3v) is 3.45. The second kappa shape index (κ2) is 5.67. The molecule has 1 fully saturated rings. The molecule has 1 N–H and O–H groups in total. The largest absolute Gasteiger partial charge is 0.389 e. The van der Waals surface area contributed by atoms with Gasteiger partial charge in [-0.1, -0.05) is 19.1 Å². The van der Waals surface area contributed by atoms with Gasteiger partial charge in [0.1, 0.15) is 5.82 Å². The number of anilines is 1. The highest BCUT2D eigenvalue weighted by atomic mass is 19.1. The van der Waals surface area contributed by atoms with Crippen molar-refractivity contribution in [3.05, 3.63) is 29.6 Å². The average molecular weight is 253 g/mol. The zero-order valence-electron chi connectivity index (χ0n) is 10.9. The smallest absolute Gasteiger partial charge is 0.146 e. The van der Waals surface area contributed by atoms with Gasteiger partial charge < -0.3 is 14.7 Å². The van der Waals surface area contributed by atoms with Crippen molar-refractivity contribution in [3.8, 4) is 0 Å². The first-order chi connectivity index (χ1) is 8.65. The third kappa shape index (κ3) is 2.49. The number of morpholine rings is 1.